The van der Waals surface area contributed by atoms with Crippen LogP contribution < -0.4 is 5.56 Å². The number of hydrogen-bond donors (Lipinski definition) is 0. The lowest BCUT2D eigenvalue weighted by atomic mass is 9.97. The molecule has 174 valence electrons. The summed E-state index contributed by atoms with van der Waals surface area (Å²) < 4.78 is 28.2. The molecule has 1 aromatic heterocycles. The van der Waals surface area contributed by atoms with E-state index in [2.05, 4.69) is 0 Å². The van der Waals surface area contributed by atoms with Gasteiger partial charge in [0.1, 0.15) is 6.54 Å². The predicted molar refractivity (Wildman–Crippen MR) is 128 cm³/mol. The Morgan fingerprint density at radius 1 is 0.879 bits per heavy atom. The molecular weight excluding hydrogens is 438 g/mol. The molecule has 0 atom stereocenters. The molecule has 0 aliphatic carbocycles. The molecule has 0 radical (unpaired) electrons. The molecule has 3 aromatic rings. The normalized spacial score (nSPS) is 11.7. The summed E-state index contributed by atoms with van der Waals surface area (Å²) in [6, 6.07) is 21.4. The van der Waals surface area contributed by atoms with Gasteiger partial charge in [-0.25, -0.2) is 8.42 Å². The molecule has 2 aromatic carbocycles. The molecule has 0 spiro atoms. The van der Waals surface area contributed by atoms with Crippen LogP contribution in [0.4, 0.5) is 0 Å². The fourth-order valence-corrected chi connectivity index (χ4v) is 5.29. The number of aromatic nitrogens is 1. The molecule has 0 N–H and O–H groups in total. The minimum atomic E-state index is -3.75. The van der Waals surface area contributed by atoms with Crippen molar-refractivity contribution in [2.75, 3.05) is 20.1 Å². The van der Waals surface area contributed by atoms with E-state index in [-0.39, 0.29) is 23.4 Å². The molecular formula is C25H29N3O4S. The van der Waals surface area contributed by atoms with Crippen LogP contribution >= 0.6 is 0 Å². The van der Waals surface area contributed by atoms with Gasteiger partial charge >= 0.3 is 0 Å². The summed E-state index contributed by atoms with van der Waals surface area (Å²) in [5.41, 5.74) is 1.43. The number of nitrogens with zero attached hydrogens (tertiary/aromatic N) is 3. The van der Waals surface area contributed by atoms with Gasteiger partial charge < -0.3 is 9.47 Å². The van der Waals surface area contributed by atoms with Crippen molar-refractivity contribution in [3.05, 3.63) is 100 Å². The van der Waals surface area contributed by atoms with Crippen LogP contribution in [0.1, 0.15) is 31.0 Å². The zero-order chi connectivity index (χ0) is 24.0. The Kier molecular flexibility index (Phi) is 7.84. The van der Waals surface area contributed by atoms with Crippen molar-refractivity contribution in [3.8, 4) is 0 Å². The number of sulfonamides is 1. The Balaban J connectivity index is 1.93. The van der Waals surface area contributed by atoms with E-state index in [4.69, 9.17) is 0 Å². The largest absolute Gasteiger partial charge is 0.333 e. The fourth-order valence-electron chi connectivity index (χ4n) is 3.81. The molecule has 0 aliphatic rings. The highest BCUT2D eigenvalue weighted by Crippen LogP contribution is 2.27. The Bertz CT molecular complexity index is 1200. The van der Waals surface area contributed by atoms with Crippen LogP contribution in [0.25, 0.3) is 0 Å². The highest BCUT2D eigenvalue weighted by atomic mass is 32.2. The van der Waals surface area contributed by atoms with E-state index in [1.165, 1.54) is 22.6 Å². The van der Waals surface area contributed by atoms with Crippen LogP contribution in [0.3, 0.4) is 0 Å². The molecule has 0 fully saturated rings. The fraction of sp³-hybridized carbons (Fsp3) is 0.280. The zero-order valence-electron chi connectivity index (χ0n) is 19.1. The van der Waals surface area contributed by atoms with Gasteiger partial charge in [0, 0.05) is 32.4 Å². The van der Waals surface area contributed by atoms with Crippen LogP contribution in [0.15, 0.2) is 88.7 Å². The highest BCUT2D eigenvalue weighted by molar-refractivity contribution is 7.89. The Morgan fingerprint density at radius 2 is 1.39 bits per heavy atom. The van der Waals surface area contributed by atoms with Gasteiger partial charge in [-0.2, -0.15) is 4.31 Å². The second kappa shape index (κ2) is 10.6. The van der Waals surface area contributed by atoms with Crippen LogP contribution in [0.2, 0.25) is 0 Å². The van der Waals surface area contributed by atoms with Crippen LogP contribution in [0.5, 0.6) is 0 Å². The summed E-state index contributed by atoms with van der Waals surface area (Å²) in [6.07, 6.45) is 1.25. The average Bonchev–Trinajstić information content (AvgIpc) is 2.82. The number of hydrogen-bond acceptors (Lipinski definition) is 4. The lowest BCUT2D eigenvalue weighted by Crippen LogP contribution is -2.37. The third-order valence-corrected chi connectivity index (χ3v) is 7.65. The van der Waals surface area contributed by atoms with Crippen molar-refractivity contribution in [3.63, 3.8) is 0 Å². The maximum absolute atomic E-state index is 13.3. The number of carbonyl (C=O) groups is 1. The summed E-state index contributed by atoms with van der Waals surface area (Å²) in [7, 11) is -2.06. The standard InChI is InChI=1S/C25H29N3O4S/c1-4-28(5-2)33(31,32)22-16-17-23(29)27(18-22)19-24(30)26(3)25(20-12-8-6-9-13-20)21-14-10-7-11-15-21/h6-18,25H,4-5,19H2,1-3H3. The monoisotopic (exact) mass is 467 g/mol. The van der Waals surface area contributed by atoms with Crippen molar-refractivity contribution < 1.29 is 13.2 Å². The molecule has 33 heavy (non-hydrogen) atoms. The van der Waals surface area contributed by atoms with Gasteiger partial charge in [-0.1, -0.05) is 74.5 Å². The molecule has 1 amide bonds. The zero-order valence-corrected chi connectivity index (χ0v) is 19.9. The minimum absolute atomic E-state index is 0.0103. The van der Waals surface area contributed by atoms with Gasteiger partial charge in [-0.05, 0) is 17.2 Å². The van der Waals surface area contributed by atoms with E-state index in [1.807, 2.05) is 60.7 Å². The molecule has 8 heteroatoms. The van der Waals surface area contributed by atoms with Crippen molar-refractivity contribution in [1.82, 2.24) is 13.8 Å². The molecule has 0 saturated heterocycles. The first-order valence-corrected chi connectivity index (χ1v) is 12.3. The van der Waals surface area contributed by atoms with Crippen molar-refractivity contribution in [1.29, 1.82) is 0 Å². The maximum atomic E-state index is 13.3. The SMILES string of the molecule is CCN(CC)S(=O)(=O)c1ccc(=O)n(CC(=O)N(C)C(c2ccccc2)c2ccccc2)c1. The maximum Gasteiger partial charge on any atom is 0.251 e. The highest BCUT2D eigenvalue weighted by Gasteiger charge is 2.25. The first kappa shape index (κ1) is 24.4. The van der Waals surface area contributed by atoms with Crippen LogP contribution in [0, 0.1) is 0 Å². The topological polar surface area (TPSA) is 79.7 Å². The van der Waals surface area contributed by atoms with Crippen LogP contribution in [-0.4, -0.2) is 48.2 Å². The van der Waals surface area contributed by atoms with Gasteiger partial charge in [-0.15, -0.1) is 0 Å². The summed E-state index contributed by atoms with van der Waals surface area (Å²) in [5.74, 6) is -0.313. The van der Waals surface area contributed by atoms with Gasteiger partial charge in [0.05, 0.1) is 10.9 Å². The number of likely N-dealkylation sites (N-methyl/N-ethyl adjacent to an activating group) is 1. The molecule has 1 heterocycles. The number of pyridine rings is 1. The minimum Gasteiger partial charge on any atom is -0.333 e. The number of carbonyl (C=O) groups excluding carboxylic acids is 1. The number of amides is 1. The van der Waals surface area contributed by atoms with E-state index >= 15 is 0 Å². The summed E-state index contributed by atoms with van der Waals surface area (Å²) in [6.45, 7) is 3.86. The second-order valence-electron chi connectivity index (χ2n) is 7.65. The van der Waals surface area contributed by atoms with Crippen molar-refractivity contribution in [2.45, 2.75) is 31.3 Å². The molecule has 3 rings (SSSR count). The Labute approximate surface area is 194 Å². The van der Waals surface area contributed by atoms with E-state index in [9.17, 15) is 18.0 Å². The third kappa shape index (κ3) is 5.40. The van der Waals surface area contributed by atoms with Crippen LogP contribution in [-0.2, 0) is 21.4 Å². The molecule has 7 nitrogen and oxygen atoms in total. The third-order valence-electron chi connectivity index (χ3n) is 5.62. The number of rotatable bonds is 9. The van der Waals surface area contributed by atoms with Gasteiger partial charge in [0.2, 0.25) is 15.9 Å². The quantitative estimate of drug-likeness (QED) is 0.484. The van der Waals surface area contributed by atoms with E-state index in [0.29, 0.717) is 13.1 Å². The van der Waals surface area contributed by atoms with Crippen molar-refractivity contribution in [2.24, 2.45) is 0 Å². The van der Waals surface area contributed by atoms with Gasteiger partial charge in [0.25, 0.3) is 5.56 Å². The molecule has 0 saturated carbocycles. The van der Waals surface area contributed by atoms with Crippen molar-refractivity contribution >= 4 is 15.9 Å². The Hall–Kier alpha value is -3.23. The summed E-state index contributed by atoms with van der Waals surface area (Å²) >= 11 is 0. The molecule has 0 unspecified atom stereocenters. The lowest BCUT2D eigenvalue weighted by molar-refractivity contribution is -0.132. The van der Waals surface area contributed by atoms with Gasteiger partial charge in [-0.3, -0.25) is 9.59 Å². The lowest BCUT2D eigenvalue weighted by Gasteiger charge is -2.29. The first-order valence-electron chi connectivity index (χ1n) is 10.9. The van der Waals surface area contributed by atoms with E-state index in [1.54, 1.807) is 25.8 Å². The average molecular weight is 468 g/mol. The van der Waals surface area contributed by atoms with E-state index in [0.717, 1.165) is 15.7 Å². The summed E-state index contributed by atoms with van der Waals surface area (Å²) in [4.78, 5) is 27.3. The predicted octanol–water partition coefficient (Wildman–Crippen LogP) is 3.13. The second-order valence-corrected chi connectivity index (χ2v) is 9.59. The smallest absolute Gasteiger partial charge is 0.251 e. The molecule has 0 bridgehead atoms. The summed E-state index contributed by atoms with van der Waals surface area (Å²) in [5, 5.41) is 0. The van der Waals surface area contributed by atoms with E-state index < -0.39 is 15.6 Å². The molecule has 0 aliphatic heterocycles. The first-order chi connectivity index (χ1) is 15.8. The number of benzene rings is 2. The Morgan fingerprint density at radius 3 is 1.88 bits per heavy atom. The van der Waals surface area contributed by atoms with Gasteiger partial charge in [0.15, 0.2) is 0 Å².